The molecule has 98 valence electrons. The predicted octanol–water partition coefficient (Wildman–Crippen LogP) is 2.79. The maximum atomic E-state index is 5.94. The first-order chi connectivity index (χ1) is 9.31. The Balaban J connectivity index is 1.63. The highest BCUT2D eigenvalue weighted by Gasteiger charge is 2.25. The van der Waals surface area contributed by atoms with Crippen LogP contribution >= 0.6 is 11.6 Å². The van der Waals surface area contributed by atoms with Crippen molar-refractivity contribution in [2.75, 3.05) is 18.0 Å². The van der Waals surface area contributed by atoms with Crippen molar-refractivity contribution >= 4 is 17.5 Å². The third kappa shape index (κ3) is 2.96. The van der Waals surface area contributed by atoms with Crippen molar-refractivity contribution in [1.82, 2.24) is 9.97 Å². The smallest absolute Gasteiger partial charge is 0.225 e. The van der Waals surface area contributed by atoms with Crippen molar-refractivity contribution in [2.24, 2.45) is 0 Å². The van der Waals surface area contributed by atoms with Crippen LogP contribution in [0.5, 0.6) is 5.75 Å². The molecule has 0 unspecified atom stereocenters. The Labute approximate surface area is 117 Å². The Morgan fingerprint density at radius 1 is 1.21 bits per heavy atom. The Morgan fingerprint density at radius 3 is 2.84 bits per heavy atom. The van der Waals surface area contributed by atoms with Crippen LogP contribution in [0, 0.1) is 0 Å². The number of anilines is 1. The third-order valence-electron chi connectivity index (χ3n) is 3.08. The number of nitrogens with zero attached hydrogens (tertiary/aromatic N) is 3. The summed E-state index contributed by atoms with van der Waals surface area (Å²) in [4.78, 5) is 10.6. The standard InChI is InChI=1S/C14H14ClN3O/c15-11-3-1-4-12(9-11)19-13-5-8-18(10-13)14-16-6-2-7-17-14/h1-4,6-7,9,13H,5,8,10H2/t13-/m1/s1. The predicted molar refractivity (Wildman–Crippen MR) is 74.7 cm³/mol. The summed E-state index contributed by atoms with van der Waals surface area (Å²) in [6.45, 7) is 1.71. The van der Waals surface area contributed by atoms with Gasteiger partial charge in [0, 0.05) is 30.4 Å². The van der Waals surface area contributed by atoms with Crippen LogP contribution in [0.2, 0.25) is 5.02 Å². The molecular weight excluding hydrogens is 262 g/mol. The highest BCUT2D eigenvalue weighted by Crippen LogP contribution is 2.23. The first kappa shape index (κ1) is 12.2. The molecule has 2 heterocycles. The van der Waals surface area contributed by atoms with Gasteiger partial charge in [0.2, 0.25) is 5.95 Å². The summed E-state index contributed by atoms with van der Waals surface area (Å²) in [5, 5.41) is 0.693. The fraction of sp³-hybridized carbons (Fsp3) is 0.286. The minimum absolute atomic E-state index is 0.155. The van der Waals surface area contributed by atoms with Gasteiger partial charge in [-0.2, -0.15) is 0 Å². The van der Waals surface area contributed by atoms with E-state index in [1.54, 1.807) is 12.4 Å². The molecule has 1 saturated heterocycles. The van der Waals surface area contributed by atoms with Gasteiger partial charge in [-0.1, -0.05) is 17.7 Å². The van der Waals surface area contributed by atoms with E-state index in [0.717, 1.165) is 31.2 Å². The van der Waals surface area contributed by atoms with Gasteiger partial charge < -0.3 is 9.64 Å². The lowest BCUT2D eigenvalue weighted by molar-refractivity contribution is 0.225. The zero-order valence-electron chi connectivity index (χ0n) is 10.4. The van der Waals surface area contributed by atoms with E-state index < -0.39 is 0 Å². The molecule has 3 rings (SSSR count). The first-order valence-electron chi connectivity index (χ1n) is 6.25. The highest BCUT2D eigenvalue weighted by atomic mass is 35.5. The van der Waals surface area contributed by atoms with Gasteiger partial charge in [0.15, 0.2) is 0 Å². The molecule has 1 fully saturated rings. The number of hydrogen-bond donors (Lipinski definition) is 0. The fourth-order valence-electron chi connectivity index (χ4n) is 2.19. The summed E-state index contributed by atoms with van der Waals surface area (Å²) in [7, 11) is 0. The minimum atomic E-state index is 0.155. The molecule has 0 amide bonds. The summed E-state index contributed by atoms with van der Waals surface area (Å²) < 4.78 is 5.93. The molecule has 0 N–H and O–H groups in total. The summed E-state index contributed by atoms with van der Waals surface area (Å²) in [6, 6.07) is 9.31. The molecular formula is C14H14ClN3O. The van der Waals surface area contributed by atoms with Crippen LogP contribution in [0.3, 0.4) is 0 Å². The van der Waals surface area contributed by atoms with E-state index in [1.165, 1.54) is 0 Å². The van der Waals surface area contributed by atoms with Crippen molar-refractivity contribution in [3.8, 4) is 5.75 Å². The average Bonchev–Trinajstić information content (AvgIpc) is 2.88. The SMILES string of the molecule is Clc1cccc(O[C@@H]2CCN(c3ncccn3)C2)c1. The van der Waals surface area contributed by atoms with Crippen LogP contribution in [0.4, 0.5) is 5.95 Å². The zero-order chi connectivity index (χ0) is 13.1. The van der Waals surface area contributed by atoms with E-state index in [4.69, 9.17) is 16.3 Å². The topological polar surface area (TPSA) is 38.2 Å². The fourth-order valence-corrected chi connectivity index (χ4v) is 2.37. The van der Waals surface area contributed by atoms with Crippen molar-refractivity contribution in [2.45, 2.75) is 12.5 Å². The zero-order valence-corrected chi connectivity index (χ0v) is 11.1. The van der Waals surface area contributed by atoms with Gasteiger partial charge in [0.1, 0.15) is 11.9 Å². The summed E-state index contributed by atoms with van der Waals surface area (Å²) >= 11 is 5.94. The number of rotatable bonds is 3. The second-order valence-corrected chi connectivity index (χ2v) is 4.92. The number of aromatic nitrogens is 2. The lowest BCUT2D eigenvalue weighted by Crippen LogP contribution is -2.25. The van der Waals surface area contributed by atoms with Crippen LogP contribution in [-0.4, -0.2) is 29.2 Å². The van der Waals surface area contributed by atoms with E-state index in [1.807, 2.05) is 30.3 Å². The van der Waals surface area contributed by atoms with Crippen LogP contribution < -0.4 is 9.64 Å². The van der Waals surface area contributed by atoms with Gasteiger partial charge >= 0.3 is 0 Å². The first-order valence-corrected chi connectivity index (χ1v) is 6.63. The Hall–Kier alpha value is -1.81. The summed E-state index contributed by atoms with van der Waals surface area (Å²) in [5.41, 5.74) is 0. The van der Waals surface area contributed by atoms with E-state index in [-0.39, 0.29) is 6.10 Å². The molecule has 0 spiro atoms. The van der Waals surface area contributed by atoms with Crippen molar-refractivity contribution in [3.05, 3.63) is 47.7 Å². The molecule has 0 bridgehead atoms. The lowest BCUT2D eigenvalue weighted by atomic mass is 10.3. The second kappa shape index (κ2) is 5.45. The van der Waals surface area contributed by atoms with Gasteiger partial charge in [-0.25, -0.2) is 9.97 Å². The quantitative estimate of drug-likeness (QED) is 0.863. The molecule has 1 aromatic carbocycles. The molecule has 5 heteroatoms. The van der Waals surface area contributed by atoms with Gasteiger partial charge in [0.25, 0.3) is 0 Å². The molecule has 1 aromatic heterocycles. The lowest BCUT2D eigenvalue weighted by Gasteiger charge is -2.16. The third-order valence-corrected chi connectivity index (χ3v) is 3.31. The normalized spacial score (nSPS) is 18.6. The van der Waals surface area contributed by atoms with Gasteiger partial charge in [-0.3, -0.25) is 0 Å². The van der Waals surface area contributed by atoms with Gasteiger partial charge in [-0.05, 0) is 24.3 Å². The molecule has 0 aliphatic carbocycles. The molecule has 0 saturated carbocycles. The van der Waals surface area contributed by atoms with Crippen LogP contribution in [0.15, 0.2) is 42.7 Å². The Kier molecular flexibility index (Phi) is 3.51. The minimum Gasteiger partial charge on any atom is -0.488 e. The number of benzene rings is 1. The molecule has 19 heavy (non-hydrogen) atoms. The maximum Gasteiger partial charge on any atom is 0.225 e. The van der Waals surface area contributed by atoms with Crippen molar-refractivity contribution < 1.29 is 4.74 Å². The number of hydrogen-bond acceptors (Lipinski definition) is 4. The Morgan fingerprint density at radius 2 is 2.05 bits per heavy atom. The number of ether oxygens (including phenoxy) is 1. The van der Waals surface area contributed by atoms with Gasteiger partial charge in [-0.15, -0.1) is 0 Å². The van der Waals surface area contributed by atoms with Crippen LogP contribution in [-0.2, 0) is 0 Å². The van der Waals surface area contributed by atoms with Crippen molar-refractivity contribution in [3.63, 3.8) is 0 Å². The molecule has 1 aliphatic rings. The van der Waals surface area contributed by atoms with Crippen LogP contribution in [0.1, 0.15) is 6.42 Å². The van der Waals surface area contributed by atoms with Gasteiger partial charge in [0.05, 0.1) is 6.54 Å². The van der Waals surface area contributed by atoms with E-state index in [0.29, 0.717) is 5.02 Å². The molecule has 4 nitrogen and oxygen atoms in total. The van der Waals surface area contributed by atoms with Crippen LogP contribution in [0.25, 0.3) is 0 Å². The Bertz CT molecular complexity index is 549. The van der Waals surface area contributed by atoms with Crippen molar-refractivity contribution in [1.29, 1.82) is 0 Å². The highest BCUT2D eigenvalue weighted by molar-refractivity contribution is 6.30. The van der Waals surface area contributed by atoms with E-state index in [2.05, 4.69) is 14.9 Å². The molecule has 0 radical (unpaired) electrons. The molecule has 2 aromatic rings. The molecule has 1 atom stereocenters. The van der Waals surface area contributed by atoms with E-state index in [9.17, 15) is 0 Å². The second-order valence-electron chi connectivity index (χ2n) is 4.48. The summed E-state index contributed by atoms with van der Waals surface area (Å²) in [6.07, 6.45) is 4.63. The monoisotopic (exact) mass is 275 g/mol. The average molecular weight is 276 g/mol. The molecule has 1 aliphatic heterocycles. The largest absolute Gasteiger partial charge is 0.488 e. The van der Waals surface area contributed by atoms with E-state index >= 15 is 0 Å². The number of halogens is 1. The summed E-state index contributed by atoms with van der Waals surface area (Å²) in [5.74, 6) is 1.58. The maximum absolute atomic E-state index is 5.94.